The van der Waals surface area contributed by atoms with Gasteiger partial charge in [-0.05, 0) is 51.4 Å². The van der Waals surface area contributed by atoms with Crippen LogP contribution in [0.1, 0.15) is 40.3 Å². The molecule has 1 aliphatic heterocycles. The third-order valence-corrected chi connectivity index (χ3v) is 7.32. The van der Waals surface area contributed by atoms with Crippen LogP contribution < -0.4 is 15.3 Å². The van der Waals surface area contributed by atoms with Crippen LogP contribution in [0, 0.1) is 0 Å². The summed E-state index contributed by atoms with van der Waals surface area (Å²) >= 11 is 5.97. The number of aromatic nitrogens is 4. The van der Waals surface area contributed by atoms with Gasteiger partial charge in [0, 0.05) is 6.42 Å². The summed E-state index contributed by atoms with van der Waals surface area (Å²) in [5, 5.41) is 12.6. The molecule has 2 aromatic heterocycles. The maximum atomic E-state index is 14.0. The highest BCUT2D eigenvalue weighted by Gasteiger charge is 2.44. The van der Waals surface area contributed by atoms with Crippen LogP contribution in [-0.2, 0) is 23.4 Å². The number of rotatable bonds is 9. The Morgan fingerprint density at radius 1 is 1.34 bits per heavy atom. The van der Waals surface area contributed by atoms with Crippen LogP contribution in [0.4, 0.5) is 5.82 Å². The van der Waals surface area contributed by atoms with Gasteiger partial charge in [-0.3, -0.25) is 13.9 Å². The number of esters is 1. The van der Waals surface area contributed by atoms with Gasteiger partial charge in [-0.1, -0.05) is 18.2 Å². The predicted molar refractivity (Wildman–Crippen MR) is 138 cm³/mol. The van der Waals surface area contributed by atoms with E-state index in [2.05, 4.69) is 20.0 Å². The van der Waals surface area contributed by atoms with Gasteiger partial charge in [0.25, 0.3) is 0 Å². The molecule has 1 saturated heterocycles. The number of aliphatic hydroxyl groups excluding tert-OH is 1. The summed E-state index contributed by atoms with van der Waals surface area (Å²) in [4.78, 5) is 24.9. The van der Waals surface area contributed by atoms with E-state index in [1.807, 2.05) is 0 Å². The van der Waals surface area contributed by atoms with Crippen molar-refractivity contribution in [1.29, 1.82) is 0 Å². The molecule has 1 aliphatic rings. The van der Waals surface area contributed by atoms with Gasteiger partial charge in [-0.15, -0.1) is 0 Å². The van der Waals surface area contributed by atoms with E-state index in [0.717, 1.165) is 0 Å². The smallest absolute Gasteiger partial charge is 0.459 e. The van der Waals surface area contributed by atoms with Crippen LogP contribution in [0.25, 0.3) is 11.2 Å². The van der Waals surface area contributed by atoms with Crippen LogP contribution in [0.5, 0.6) is 5.75 Å². The van der Waals surface area contributed by atoms with Crippen LogP contribution in [0.3, 0.4) is 0 Å². The number of hydrogen-bond acceptors (Lipinski definition) is 11. The summed E-state index contributed by atoms with van der Waals surface area (Å²) in [6.07, 6.45) is -0.941. The van der Waals surface area contributed by atoms with Gasteiger partial charge in [0.05, 0.1) is 12.9 Å². The summed E-state index contributed by atoms with van der Waals surface area (Å²) in [7, 11) is -4.22. The lowest BCUT2D eigenvalue weighted by Gasteiger charge is -2.28. The summed E-state index contributed by atoms with van der Waals surface area (Å²) < 4.78 is 38.6. The molecular weight excluding hydrogens is 539 g/mol. The molecule has 1 aromatic carbocycles. The molecule has 15 heteroatoms. The van der Waals surface area contributed by atoms with E-state index < -0.39 is 50.4 Å². The minimum atomic E-state index is -4.22. The predicted octanol–water partition coefficient (Wildman–Crippen LogP) is 3.23. The molecule has 0 aliphatic carbocycles. The van der Waals surface area contributed by atoms with Crippen molar-refractivity contribution in [2.24, 2.45) is 0 Å². The number of nitrogens with zero attached hydrogens (tertiary/aromatic N) is 4. The molecule has 2 unspecified atom stereocenters. The third kappa shape index (κ3) is 6.60. The average Bonchev–Trinajstić information content (AvgIpc) is 3.42. The highest BCUT2D eigenvalue weighted by atomic mass is 35.5. The molecular formula is C23H30ClN6O7P. The van der Waals surface area contributed by atoms with E-state index in [9.17, 15) is 14.5 Å². The Balaban J connectivity index is 1.58. The summed E-state index contributed by atoms with van der Waals surface area (Å²) in [6, 6.07) is 7.31. The molecule has 0 saturated carbocycles. The average molecular weight is 569 g/mol. The molecule has 3 heterocycles. The largest absolute Gasteiger partial charge is 0.459 e. The molecule has 3 aromatic rings. The molecule has 38 heavy (non-hydrogen) atoms. The first-order chi connectivity index (χ1) is 17.9. The monoisotopic (exact) mass is 568 g/mol. The van der Waals surface area contributed by atoms with Gasteiger partial charge < -0.3 is 24.8 Å². The van der Waals surface area contributed by atoms with Crippen molar-refractivity contribution in [2.45, 2.75) is 64.2 Å². The van der Waals surface area contributed by atoms with E-state index in [1.54, 1.807) is 55.7 Å². The zero-order valence-electron chi connectivity index (χ0n) is 21.3. The quantitative estimate of drug-likeness (QED) is 0.196. The molecule has 0 radical (unpaired) electrons. The molecule has 0 amide bonds. The van der Waals surface area contributed by atoms with E-state index in [0.29, 0.717) is 11.2 Å². The first-order valence-electron chi connectivity index (χ1n) is 11.8. The number of carbonyl (C=O) groups excluding carboxylic acids is 1. The molecule has 0 spiro atoms. The van der Waals surface area contributed by atoms with Gasteiger partial charge in [-0.2, -0.15) is 15.1 Å². The Morgan fingerprint density at radius 3 is 2.71 bits per heavy atom. The number of halogens is 1. The first kappa shape index (κ1) is 28.2. The maximum Gasteiger partial charge on any atom is 0.459 e. The number of hydrogen-bond donors (Lipinski definition) is 3. The fraction of sp³-hybridized carbons (Fsp3) is 0.478. The van der Waals surface area contributed by atoms with Crippen molar-refractivity contribution in [1.82, 2.24) is 24.6 Å². The molecule has 4 rings (SSSR count). The molecule has 0 bridgehead atoms. The van der Waals surface area contributed by atoms with Crippen molar-refractivity contribution in [3.8, 4) is 5.75 Å². The second-order valence-corrected chi connectivity index (χ2v) is 11.7. The fourth-order valence-corrected chi connectivity index (χ4v) is 5.71. The SMILES string of the molecule is C[C@H](NP(=O)(Oc1ccccc1)OC1C[C@H](n2cnc3c(N)nc(Cl)nc32)O[C@@H]1CO)C(=O)OC(C)(C)C. The standard InChI is InChI=1S/C23H30ClN6O7P/c1-13(21(32)35-23(2,3)4)29-38(33,36-14-8-6-5-7-9-14)37-15-10-17(34-16(15)11-31)30-12-26-18-19(25)27-22(24)28-20(18)30/h5-9,12-13,15-17,31H,10-11H2,1-4H3,(H,29,33)(H2,25,27,28)/t13-,15?,16+,17+,38?/m0/s1. The number of para-hydroxylation sites is 1. The molecule has 13 nitrogen and oxygen atoms in total. The second kappa shape index (κ2) is 11.1. The lowest BCUT2D eigenvalue weighted by atomic mass is 10.2. The highest BCUT2D eigenvalue weighted by molar-refractivity contribution is 7.52. The summed E-state index contributed by atoms with van der Waals surface area (Å²) in [5.74, 6) is -0.293. The zero-order chi connectivity index (χ0) is 27.7. The second-order valence-electron chi connectivity index (χ2n) is 9.68. The number of nitrogens with one attached hydrogen (secondary N) is 1. The number of benzene rings is 1. The van der Waals surface area contributed by atoms with E-state index in [1.165, 1.54) is 13.3 Å². The number of imidazole rings is 1. The van der Waals surface area contributed by atoms with Gasteiger partial charge in [0.2, 0.25) is 5.28 Å². The number of ether oxygens (including phenoxy) is 2. The number of carbonyl (C=O) groups is 1. The Bertz CT molecular complexity index is 1340. The lowest BCUT2D eigenvalue weighted by molar-refractivity contribution is -0.156. The van der Waals surface area contributed by atoms with Crippen molar-refractivity contribution >= 4 is 42.3 Å². The molecule has 5 atom stereocenters. The Labute approximate surface area is 224 Å². The Kier molecular flexibility index (Phi) is 8.26. The number of anilines is 1. The van der Waals surface area contributed by atoms with E-state index in [-0.39, 0.29) is 23.3 Å². The van der Waals surface area contributed by atoms with E-state index >= 15 is 0 Å². The minimum Gasteiger partial charge on any atom is -0.459 e. The highest BCUT2D eigenvalue weighted by Crippen LogP contribution is 2.49. The Morgan fingerprint density at radius 2 is 2.05 bits per heavy atom. The number of nitrogen functional groups attached to an aromatic ring is 1. The minimum absolute atomic E-state index is 0.0673. The van der Waals surface area contributed by atoms with Crippen molar-refractivity contribution in [2.75, 3.05) is 12.3 Å². The maximum absolute atomic E-state index is 14.0. The third-order valence-electron chi connectivity index (χ3n) is 5.45. The summed E-state index contributed by atoms with van der Waals surface area (Å²) in [5.41, 5.74) is 5.80. The fourth-order valence-electron chi connectivity index (χ4n) is 3.82. The zero-order valence-corrected chi connectivity index (χ0v) is 22.9. The molecule has 1 fully saturated rings. The molecule has 206 valence electrons. The number of aliphatic hydroxyl groups is 1. The number of fused-ring (bicyclic) bond motifs is 1. The van der Waals surface area contributed by atoms with Crippen molar-refractivity contribution in [3.63, 3.8) is 0 Å². The van der Waals surface area contributed by atoms with Crippen LogP contribution in [0.2, 0.25) is 5.28 Å². The molecule has 4 N–H and O–H groups in total. The van der Waals surface area contributed by atoms with Gasteiger partial charge in [0.15, 0.2) is 11.5 Å². The van der Waals surface area contributed by atoms with E-state index in [4.69, 9.17) is 35.9 Å². The van der Waals surface area contributed by atoms with Gasteiger partial charge in [-0.25, -0.2) is 9.55 Å². The topological polar surface area (TPSA) is 173 Å². The summed E-state index contributed by atoms with van der Waals surface area (Å²) in [6.45, 7) is 6.21. The van der Waals surface area contributed by atoms with Gasteiger partial charge in [0.1, 0.15) is 41.3 Å². The van der Waals surface area contributed by atoms with Crippen LogP contribution in [-0.4, -0.2) is 61.1 Å². The van der Waals surface area contributed by atoms with Crippen LogP contribution >= 0.6 is 19.3 Å². The van der Waals surface area contributed by atoms with Crippen LogP contribution in [0.15, 0.2) is 36.7 Å². The van der Waals surface area contributed by atoms with Gasteiger partial charge >= 0.3 is 13.7 Å². The van der Waals surface area contributed by atoms with Crippen molar-refractivity contribution in [3.05, 3.63) is 41.9 Å². The first-order valence-corrected chi connectivity index (χ1v) is 13.7. The normalized spacial score (nSPS) is 22.2. The van der Waals surface area contributed by atoms with Crippen molar-refractivity contribution < 1.29 is 33.0 Å². The lowest BCUT2D eigenvalue weighted by Crippen LogP contribution is -2.40. The Hall–Kier alpha value is -2.80. The number of nitrogens with two attached hydrogens (primary N) is 1.